The number of fused-ring (bicyclic) bond motifs is 1. The van der Waals surface area contributed by atoms with Crippen molar-refractivity contribution in [1.82, 2.24) is 10.6 Å². The quantitative estimate of drug-likeness (QED) is 0.723. The number of nitrogens with one attached hydrogen (secondary N) is 2. The van der Waals surface area contributed by atoms with Crippen LogP contribution in [0.3, 0.4) is 0 Å². The molecule has 21 heavy (non-hydrogen) atoms. The van der Waals surface area contributed by atoms with E-state index in [0.717, 1.165) is 45.1 Å². The van der Waals surface area contributed by atoms with E-state index in [-0.39, 0.29) is 18.0 Å². The molecule has 3 rings (SSSR count). The van der Waals surface area contributed by atoms with Gasteiger partial charge in [-0.25, -0.2) is 0 Å². The summed E-state index contributed by atoms with van der Waals surface area (Å²) in [6.45, 7) is 0.738. The van der Waals surface area contributed by atoms with Crippen molar-refractivity contribution in [3.05, 3.63) is 35.4 Å². The van der Waals surface area contributed by atoms with Crippen molar-refractivity contribution < 1.29 is 9.90 Å². The molecular weight excluding hydrogens is 264 g/mol. The fourth-order valence-corrected chi connectivity index (χ4v) is 3.38. The normalized spacial score (nSPS) is 29.3. The summed E-state index contributed by atoms with van der Waals surface area (Å²) in [5, 5.41) is 16.5. The predicted octanol–water partition coefficient (Wildman–Crippen LogP) is 1.51. The minimum absolute atomic E-state index is 0.0236. The standard InChI is InChI=1S/C17H24N2O2/c20-16-9-3-1-2-8-14(16)19-17(21)15-10-12-6-4-5-7-13(12)11-18-15/h4-7,14-16,18,20H,1-3,8-11H2,(H,19,21)/t14?,15-,16?/m1/s1. The lowest BCUT2D eigenvalue weighted by Crippen LogP contribution is -2.52. The molecule has 1 heterocycles. The first-order chi connectivity index (χ1) is 10.2. The molecule has 3 N–H and O–H groups in total. The van der Waals surface area contributed by atoms with E-state index in [1.54, 1.807) is 0 Å². The Morgan fingerprint density at radius 1 is 1.14 bits per heavy atom. The minimum Gasteiger partial charge on any atom is -0.391 e. The van der Waals surface area contributed by atoms with Gasteiger partial charge in [-0.2, -0.15) is 0 Å². The van der Waals surface area contributed by atoms with Crippen LogP contribution in [0.5, 0.6) is 0 Å². The summed E-state index contributed by atoms with van der Waals surface area (Å²) in [6, 6.07) is 7.98. The molecule has 114 valence electrons. The maximum absolute atomic E-state index is 12.4. The summed E-state index contributed by atoms with van der Waals surface area (Å²) >= 11 is 0. The molecule has 4 heteroatoms. The largest absolute Gasteiger partial charge is 0.391 e. The van der Waals surface area contributed by atoms with Gasteiger partial charge in [0.1, 0.15) is 0 Å². The molecule has 1 aromatic carbocycles. The molecule has 1 aromatic rings. The molecule has 0 saturated heterocycles. The molecule has 2 aliphatic rings. The SMILES string of the molecule is O=C(NC1CCCCCC1O)[C@H]1Cc2ccccc2CN1. The molecule has 1 aliphatic heterocycles. The second kappa shape index (κ2) is 6.58. The maximum Gasteiger partial charge on any atom is 0.237 e. The third-order valence-electron chi connectivity index (χ3n) is 4.70. The number of carbonyl (C=O) groups excluding carboxylic acids is 1. The van der Waals surface area contributed by atoms with Crippen LogP contribution >= 0.6 is 0 Å². The zero-order chi connectivity index (χ0) is 14.7. The first-order valence-electron chi connectivity index (χ1n) is 8.02. The molecule has 1 amide bonds. The molecule has 1 saturated carbocycles. The van der Waals surface area contributed by atoms with Crippen LogP contribution in [0.2, 0.25) is 0 Å². The van der Waals surface area contributed by atoms with Crippen LogP contribution < -0.4 is 10.6 Å². The molecule has 1 fully saturated rings. The van der Waals surface area contributed by atoms with E-state index < -0.39 is 6.10 Å². The van der Waals surface area contributed by atoms with Gasteiger partial charge >= 0.3 is 0 Å². The maximum atomic E-state index is 12.4. The number of carbonyl (C=O) groups is 1. The zero-order valence-electron chi connectivity index (χ0n) is 12.3. The minimum atomic E-state index is -0.396. The van der Waals surface area contributed by atoms with E-state index >= 15 is 0 Å². The molecule has 0 spiro atoms. The van der Waals surface area contributed by atoms with Gasteiger partial charge in [0.2, 0.25) is 5.91 Å². The Balaban J connectivity index is 1.61. The highest BCUT2D eigenvalue weighted by atomic mass is 16.3. The molecule has 1 aliphatic carbocycles. The van der Waals surface area contributed by atoms with Gasteiger partial charge in [0.05, 0.1) is 18.2 Å². The Kier molecular flexibility index (Phi) is 4.56. The first kappa shape index (κ1) is 14.5. The fourth-order valence-electron chi connectivity index (χ4n) is 3.38. The fraction of sp³-hybridized carbons (Fsp3) is 0.588. The van der Waals surface area contributed by atoms with Gasteiger partial charge in [0.25, 0.3) is 0 Å². The van der Waals surface area contributed by atoms with Gasteiger partial charge in [0.15, 0.2) is 0 Å². The van der Waals surface area contributed by atoms with E-state index in [2.05, 4.69) is 22.8 Å². The Morgan fingerprint density at radius 3 is 2.76 bits per heavy atom. The van der Waals surface area contributed by atoms with E-state index in [9.17, 15) is 9.90 Å². The molecule has 0 radical (unpaired) electrons. The molecule has 2 unspecified atom stereocenters. The van der Waals surface area contributed by atoms with E-state index in [1.165, 1.54) is 11.1 Å². The first-order valence-corrected chi connectivity index (χ1v) is 8.02. The average molecular weight is 288 g/mol. The number of aliphatic hydroxyl groups is 1. The second-order valence-electron chi connectivity index (χ2n) is 6.23. The summed E-state index contributed by atoms with van der Waals surface area (Å²) in [6.07, 6.45) is 5.31. The predicted molar refractivity (Wildman–Crippen MR) is 81.8 cm³/mol. The van der Waals surface area contributed by atoms with Gasteiger partial charge < -0.3 is 15.7 Å². The summed E-state index contributed by atoms with van der Waals surface area (Å²) in [4.78, 5) is 12.4. The Bertz CT molecular complexity index is 503. The van der Waals surface area contributed by atoms with Crippen LogP contribution in [0.1, 0.15) is 43.2 Å². The van der Waals surface area contributed by atoms with E-state index in [4.69, 9.17) is 0 Å². The smallest absolute Gasteiger partial charge is 0.237 e. The van der Waals surface area contributed by atoms with Crippen molar-refractivity contribution in [2.45, 2.75) is 63.3 Å². The second-order valence-corrected chi connectivity index (χ2v) is 6.23. The summed E-state index contributed by atoms with van der Waals surface area (Å²) in [5.41, 5.74) is 2.52. The highest BCUT2D eigenvalue weighted by Crippen LogP contribution is 2.20. The number of amides is 1. The highest BCUT2D eigenvalue weighted by molar-refractivity contribution is 5.82. The van der Waals surface area contributed by atoms with Crippen molar-refractivity contribution in [1.29, 1.82) is 0 Å². The topological polar surface area (TPSA) is 61.4 Å². The number of hydrogen-bond donors (Lipinski definition) is 3. The summed E-state index contributed by atoms with van der Waals surface area (Å²) in [5.74, 6) is 0.0236. The molecule has 0 aromatic heterocycles. The number of aliphatic hydroxyl groups excluding tert-OH is 1. The van der Waals surface area contributed by atoms with Crippen LogP contribution in [-0.4, -0.2) is 29.2 Å². The lowest BCUT2D eigenvalue weighted by atomic mass is 9.95. The van der Waals surface area contributed by atoms with Crippen LogP contribution in [0, 0.1) is 0 Å². The third kappa shape index (κ3) is 3.44. The highest BCUT2D eigenvalue weighted by Gasteiger charge is 2.28. The number of rotatable bonds is 2. The molecule has 0 bridgehead atoms. The number of benzene rings is 1. The summed E-state index contributed by atoms with van der Waals surface area (Å²) in [7, 11) is 0. The van der Waals surface area contributed by atoms with Crippen molar-refractivity contribution in [2.75, 3.05) is 0 Å². The molecule has 4 nitrogen and oxygen atoms in total. The third-order valence-corrected chi connectivity index (χ3v) is 4.70. The van der Waals surface area contributed by atoms with Crippen molar-refractivity contribution in [3.63, 3.8) is 0 Å². The number of hydrogen-bond acceptors (Lipinski definition) is 3. The molecular formula is C17H24N2O2. The van der Waals surface area contributed by atoms with E-state index in [0.29, 0.717) is 0 Å². The van der Waals surface area contributed by atoms with Gasteiger partial charge in [0, 0.05) is 6.54 Å². The lowest BCUT2D eigenvalue weighted by molar-refractivity contribution is -0.125. The van der Waals surface area contributed by atoms with Crippen LogP contribution in [0.25, 0.3) is 0 Å². The Hall–Kier alpha value is -1.39. The van der Waals surface area contributed by atoms with Crippen molar-refractivity contribution >= 4 is 5.91 Å². The van der Waals surface area contributed by atoms with Gasteiger partial charge in [-0.3, -0.25) is 4.79 Å². The van der Waals surface area contributed by atoms with E-state index in [1.807, 2.05) is 12.1 Å². The average Bonchev–Trinajstić information content (AvgIpc) is 2.72. The van der Waals surface area contributed by atoms with Crippen LogP contribution in [-0.2, 0) is 17.8 Å². The zero-order valence-corrected chi connectivity index (χ0v) is 12.3. The van der Waals surface area contributed by atoms with Crippen molar-refractivity contribution in [3.8, 4) is 0 Å². The van der Waals surface area contributed by atoms with Crippen LogP contribution in [0.15, 0.2) is 24.3 Å². The van der Waals surface area contributed by atoms with Gasteiger partial charge in [-0.05, 0) is 30.4 Å². The van der Waals surface area contributed by atoms with Gasteiger partial charge in [-0.1, -0.05) is 43.5 Å². The lowest BCUT2D eigenvalue weighted by Gasteiger charge is -2.28. The molecule has 3 atom stereocenters. The van der Waals surface area contributed by atoms with Crippen LogP contribution in [0.4, 0.5) is 0 Å². The van der Waals surface area contributed by atoms with Gasteiger partial charge in [-0.15, -0.1) is 0 Å². The Morgan fingerprint density at radius 2 is 1.90 bits per heavy atom. The van der Waals surface area contributed by atoms with Crippen molar-refractivity contribution in [2.24, 2.45) is 0 Å². The Labute approximate surface area is 125 Å². The summed E-state index contributed by atoms with van der Waals surface area (Å²) < 4.78 is 0. The monoisotopic (exact) mass is 288 g/mol.